The SMILES string of the molecule is CCOc1ccc(C=CC(=O)c2ccc(OC(=O)N3CCOCC3)cc2)cc1. The zero-order chi connectivity index (χ0) is 19.8. The van der Waals surface area contributed by atoms with Crippen LogP contribution in [0.1, 0.15) is 22.8 Å². The van der Waals surface area contributed by atoms with Gasteiger partial charge in [0, 0.05) is 18.7 Å². The van der Waals surface area contributed by atoms with Gasteiger partial charge < -0.3 is 19.1 Å². The zero-order valence-corrected chi connectivity index (χ0v) is 15.8. The van der Waals surface area contributed by atoms with Crippen molar-refractivity contribution in [3.8, 4) is 11.5 Å². The summed E-state index contributed by atoms with van der Waals surface area (Å²) in [6, 6.07) is 14.1. The first kappa shape index (κ1) is 19.6. The van der Waals surface area contributed by atoms with Crippen molar-refractivity contribution >= 4 is 18.0 Å². The third-order valence-corrected chi connectivity index (χ3v) is 4.23. The number of hydrogen-bond donors (Lipinski definition) is 0. The Morgan fingerprint density at radius 2 is 1.64 bits per heavy atom. The van der Waals surface area contributed by atoms with Crippen LogP contribution in [0.4, 0.5) is 4.79 Å². The highest BCUT2D eigenvalue weighted by Crippen LogP contribution is 2.16. The van der Waals surface area contributed by atoms with Crippen LogP contribution in [0.3, 0.4) is 0 Å². The number of carbonyl (C=O) groups excluding carboxylic acids is 2. The Bertz CT molecular complexity index is 821. The van der Waals surface area contributed by atoms with Gasteiger partial charge in [-0.2, -0.15) is 0 Å². The third-order valence-electron chi connectivity index (χ3n) is 4.23. The van der Waals surface area contributed by atoms with E-state index in [0.717, 1.165) is 11.3 Å². The highest BCUT2D eigenvalue weighted by molar-refractivity contribution is 6.06. The van der Waals surface area contributed by atoms with Crippen LogP contribution in [-0.2, 0) is 4.74 Å². The predicted molar refractivity (Wildman–Crippen MR) is 106 cm³/mol. The van der Waals surface area contributed by atoms with Gasteiger partial charge in [-0.1, -0.05) is 18.2 Å². The molecule has 2 aromatic rings. The number of ether oxygens (including phenoxy) is 3. The molecule has 146 valence electrons. The molecule has 1 aliphatic rings. The van der Waals surface area contributed by atoms with Crippen molar-refractivity contribution in [2.75, 3.05) is 32.9 Å². The molecule has 0 N–H and O–H groups in total. The highest BCUT2D eigenvalue weighted by atomic mass is 16.6. The molecule has 0 aliphatic carbocycles. The molecule has 0 spiro atoms. The number of benzene rings is 2. The first-order valence-corrected chi connectivity index (χ1v) is 9.25. The normalized spacial score (nSPS) is 14.1. The smallest absolute Gasteiger partial charge is 0.415 e. The molecule has 0 radical (unpaired) electrons. The summed E-state index contributed by atoms with van der Waals surface area (Å²) >= 11 is 0. The monoisotopic (exact) mass is 381 g/mol. The van der Waals surface area contributed by atoms with Gasteiger partial charge >= 0.3 is 6.09 Å². The zero-order valence-electron chi connectivity index (χ0n) is 15.8. The summed E-state index contributed by atoms with van der Waals surface area (Å²) in [7, 11) is 0. The van der Waals surface area contributed by atoms with Crippen molar-refractivity contribution in [1.82, 2.24) is 4.90 Å². The van der Waals surface area contributed by atoms with E-state index in [1.165, 1.54) is 6.08 Å². The summed E-state index contributed by atoms with van der Waals surface area (Å²) in [5.74, 6) is 1.08. The number of ketones is 1. The summed E-state index contributed by atoms with van der Waals surface area (Å²) in [5, 5.41) is 0. The molecule has 6 heteroatoms. The number of rotatable bonds is 6. The lowest BCUT2D eigenvalue weighted by Crippen LogP contribution is -2.42. The van der Waals surface area contributed by atoms with E-state index in [4.69, 9.17) is 14.2 Å². The molecule has 0 saturated carbocycles. The predicted octanol–water partition coefficient (Wildman–Crippen LogP) is 3.81. The quantitative estimate of drug-likeness (QED) is 0.562. The lowest BCUT2D eigenvalue weighted by atomic mass is 10.1. The van der Waals surface area contributed by atoms with Crippen LogP contribution in [0.5, 0.6) is 11.5 Å². The van der Waals surface area contributed by atoms with E-state index in [0.29, 0.717) is 44.2 Å². The van der Waals surface area contributed by atoms with Gasteiger partial charge in [0.2, 0.25) is 0 Å². The van der Waals surface area contributed by atoms with Crippen LogP contribution in [0, 0.1) is 0 Å². The van der Waals surface area contributed by atoms with Gasteiger partial charge in [0.15, 0.2) is 5.78 Å². The number of amides is 1. The fraction of sp³-hybridized carbons (Fsp3) is 0.273. The largest absolute Gasteiger partial charge is 0.494 e. The molecule has 6 nitrogen and oxygen atoms in total. The lowest BCUT2D eigenvalue weighted by molar-refractivity contribution is 0.0416. The summed E-state index contributed by atoms with van der Waals surface area (Å²) in [5.41, 5.74) is 1.43. The standard InChI is InChI=1S/C22H23NO5/c1-2-27-19-8-3-17(4-9-19)5-12-21(24)18-6-10-20(11-7-18)28-22(25)23-13-15-26-16-14-23/h3-12H,2,13-16H2,1H3. The van der Waals surface area contributed by atoms with Crippen molar-refractivity contribution in [1.29, 1.82) is 0 Å². The highest BCUT2D eigenvalue weighted by Gasteiger charge is 2.18. The Hall–Kier alpha value is -3.12. The second kappa shape index (κ2) is 9.71. The van der Waals surface area contributed by atoms with Gasteiger partial charge in [-0.15, -0.1) is 0 Å². The Balaban J connectivity index is 1.56. The summed E-state index contributed by atoms with van der Waals surface area (Å²) in [6.07, 6.45) is 2.87. The maximum Gasteiger partial charge on any atom is 0.415 e. The van der Waals surface area contributed by atoms with E-state index in [-0.39, 0.29) is 5.78 Å². The molecule has 1 aliphatic heterocycles. The van der Waals surface area contributed by atoms with E-state index >= 15 is 0 Å². The van der Waals surface area contributed by atoms with Crippen molar-refractivity contribution in [3.63, 3.8) is 0 Å². The van der Waals surface area contributed by atoms with E-state index in [1.54, 1.807) is 35.2 Å². The molecule has 0 atom stereocenters. The van der Waals surface area contributed by atoms with Crippen LogP contribution in [-0.4, -0.2) is 49.7 Å². The number of allylic oxidation sites excluding steroid dienone is 1. The minimum absolute atomic E-state index is 0.125. The van der Waals surface area contributed by atoms with Crippen LogP contribution in [0.25, 0.3) is 6.08 Å². The van der Waals surface area contributed by atoms with Gasteiger partial charge in [0.25, 0.3) is 0 Å². The number of carbonyl (C=O) groups is 2. The van der Waals surface area contributed by atoms with Gasteiger partial charge in [-0.25, -0.2) is 4.79 Å². The lowest BCUT2D eigenvalue weighted by Gasteiger charge is -2.25. The third kappa shape index (κ3) is 5.44. The fourth-order valence-corrected chi connectivity index (χ4v) is 2.71. The topological polar surface area (TPSA) is 65.1 Å². The Kier molecular flexibility index (Phi) is 6.81. The average Bonchev–Trinajstić information content (AvgIpc) is 2.74. The molecule has 1 fully saturated rings. The minimum Gasteiger partial charge on any atom is -0.494 e. The molecule has 1 amide bonds. The second-order valence-electron chi connectivity index (χ2n) is 6.19. The minimum atomic E-state index is -0.405. The molecule has 0 unspecified atom stereocenters. The molecule has 0 bridgehead atoms. The molecular formula is C22H23NO5. The molecule has 1 heterocycles. The molecule has 1 saturated heterocycles. The first-order valence-electron chi connectivity index (χ1n) is 9.25. The van der Waals surface area contributed by atoms with Crippen LogP contribution in [0.2, 0.25) is 0 Å². The van der Waals surface area contributed by atoms with E-state index in [1.807, 2.05) is 31.2 Å². The Labute approximate surface area is 164 Å². The van der Waals surface area contributed by atoms with Crippen LogP contribution in [0.15, 0.2) is 54.6 Å². The molecule has 3 rings (SSSR count). The van der Waals surface area contributed by atoms with Gasteiger partial charge in [0.1, 0.15) is 11.5 Å². The van der Waals surface area contributed by atoms with Crippen molar-refractivity contribution in [2.45, 2.75) is 6.92 Å². The van der Waals surface area contributed by atoms with Gasteiger partial charge in [0.05, 0.1) is 19.8 Å². The Morgan fingerprint density at radius 1 is 1.00 bits per heavy atom. The van der Waals surface area contributed by atoms with Gasteiger partial charge in [-0.3, -0.25) is 4.79 Å². The van der Waals surface area contributed by atoms with E-state index < -0.39 is 6.09 Å². The van der Waals surface area contributed by atoms with Crippen molar-refractivity contribution in [3.05, 3.63) is 65.7 Å². The van der Waals surface area contributed by atoms with E-state index in [9.17, 15) is 9.59 Å². The molecule has 0 aromatic heterocycles. The molecule has 2 aromatic carbocycles. The second-order valence-corrected chi connectivity index (χ2v) is 6.19. The maximum absolute atomic E-state index is 12.3. The first-order chi connectivity index (χ1) is 13.7. The number of hydrogen-bond acceptors (Lipinski definition) is 5. The number of morpholine rings is 1. The summed E-state index contributed by atoms with van der Waals surface area (Å²) in [4.78, 5) is 26.0. The van der Waals surface area contributed by atoms with E-state index in [2.05, 4.69) is 0 Å². The maximum atomic E-state index is 12.3. The number of nitrogens with zero attached hydrogens (tertiary/aromatic N) is 1. The summed E-state index contributed by atoms with van der Waals surface area (Å²) < 4.78 is 16.0. The van der Waals surface area contributed by atoms with Crippen molar-refractivity contribution < 1.29 is 23.8 Å². The summed E-state index contributed by atoms with van der Waals surface area (Å²) in [6.45, 7) is 4.62. The van der Waals surface area contributed by atoms with Crippen LogP contribution >= 0.6 is 0 Å². The molecule has 28 heavy (non-hydrogen) atoms. The Morgan fingerprint density at radius 3 is 2.29 bits per heavy atom. The molecular weight excluding hydrogens is 358 g/mol. The fourth-order valence-electron chi connectivity index (χ4n) is 2.71. The van der Waals surface area contributed by atoms with Crippen LogP contribution < -0.4 is 9.47 Å². The van der Waals surface area contributed by atoms with Gasteiger partial charge in [-0.05, 0) is 55.0 Å². The van der Waals surface area contributed by atoms with Crippen molar-refractivity contribution in [2.24, 2.45) is 0 Å². The average molecular weight is 381 g/mol.